The van der Waals surface area contributed by atoms with Gasteiger partial charge >= 0.3 is 5.97 Å². The molecular weight excluding hydrogens is 234 g/mol. The first kappa shape index (κ1) is 12.2. The van der Waals surface area contributed by atoms with Crippen LogP contribution in [0.1, 0.15) is 11.1 Å². The molecule has 0 aliphatic rings. The maximum absolute atomic E-state index is 10.5. The molecule has 0 aliphatic carbocycles. The third-order valence-corrected chi connectivity index (χ3v) is 2.24. The molecular formula is C10H8ClNO4. The molecule has 0 amide bonds. The van der Waals surface area contributed by atoms with E-state index in [1.165, 1.54) is 18.2 Å². The molecule has 16 heavy (non-hydrogen) atoms. The monoisotopic (exact) mass is 241 g/mol. The van der Waals surface area contributed by atoms with Crippen molar-refractivity contribution in [3.05, 3.63) is 44.5 Å². The summed E-state index contributed by atoms with van der Waals surface area (Å²) >= 11 is 5.81. The van der Waals surface area contributed by atoms with E-state index in [-0.39, 0.29) is 10.7 Å². The van der Waals surface area contributed by atoms with Gasteiger partial charge in [0.15, 0.2) is 0 Å². The zero-order valence-corrected chi connectivity index (χ0v) is 9.06. The Bertz CT molecular complexity index is 459. The Hall–Kier alpha value is -1.88. The van der Waals surface area contributed by atoms with E-state index in [9.17, 15) is 14.9 Å². The van der Waals surface area contributed by atoms with E-state index in [0.717, 1.165) is 6.08 Å². The molecule has 0 aromatic heterocycles. The Kier molecular flexibility index (Phi) is 3.63. The van der Waals surface area contributed by atoms with Crippen LogP contribution in [0.15, 0.2) is 18.2 Å². The molecule has 0 aliphatic heterocycles. The van der Waals surface area contributed by atoms with Gasteiger partial charge < -0.3 is 5.11 Å². The van der Waals surface area contributed by atoms with Gasteiger partial charge in [0.05, 0.1) is 9.95 Å². The first-order chi connectivity index (χ1) is 7.41. The first-order valence-corrected chi connectivity index (χ1v) is 4.65. The number of hydrogen-bond acceptors (Lipinski definition) is 3. The predicted octanol–water partition coefficient (Wildman–Crippen LogP) is 2.65. The molecule has 0 spiro atoms. The standard InChI is InChI=1S/C10H8ClNO4/c1-6-4-7(12(15)16)5-9(11)8(6)2-3-10(13)14/h2-5H,1H3,(H,13,14)/b3-2+. The molecule has 0 saturated heterocycles. The Morgan fingerprint density at radius 2 is 2.19 bits per heavy atom. The number of nitrogens with zero attached hydrogens (tertiary/aromatic N) is 1. The van der Waals surface area contributed by atoms with Crippen LogP contribution < -0.4 is 0 Å². The lowest BCUT2D eigenvalue weighted by atomic mass is 10.1. The Labute approximate surface area is 96.1 Å². The number of carboxylic acid groups (broad SMARTS) is 1. The van der Waals surface area contributed by atoms with Crippen LogP contribution in [0.3, 0.4) is 0 Å². The molecule has 6 heteroatoms. The molecule has 0 atom stereocenters. The van der Waals surface area contributed by atoms with Gasteiger partial charge in [-0.15, -0.1) is 0 Å². The molecule has 5 nitrogen and oxygen atoms in total. The van der Waals surface area contributed by atoms with Gasteiger partial charge in [0.1, 0.15) is 0 Å². The van der Waals surface area contributed by atoms with Gasteiger partial charge in [0, 0.05) is 18.2 Å². The number of benzene rings is 1. The van der Waals surface area contributed by atoms with Crippen molar-refractivity contribution in [2.75, 3.05) is 0 Å². The summed E-state index contributed by atoms with van der Waals surface area (Å²) in [5.41, 5.74) is 0.904. The van der Waals surface area contributed by atoms with Crippen LogP contribution >= 0.6 is 11.6 Å². The fourth-order valence-corrected chi connectivity index (χ4v) is 1.53. The number of rotatable bonds is 3. The zero-order valence-electron chi connectivity index (χ0n) is 8.31. The van der Waals surface area contributed by atoms with E-state index in [1.54, 1.807) is 6.92 Å². The largest absolute Gasteiger partial charge is 0.478 e. The molecule has 0 saturated carbocycles. The number of carboxylic acids is 1. The average molecular weight is 242 g/mol. The van der Waals surface area contributed by atoms with E-state index in [1.807, 2.05) is 0 Å². The lowest BCUT2D eigenvalue weighted by molar-refractivity contribution is -0.384. The molecule has 1 rings (SSSR count). The number of halogens is 1. The minimum atomic E-state index is -1.10. The van der Waals surface area contributed by atoms with Gasteiger partial charge in [0.25, 0.3) is 5.69 Å². The number of aryl methyl sites for hydroxylation is 1. The summed E-state index contributed by atoms with van der Waals surface area (Å²) < 4.78 is 0. The van der Waals surface area contributed by atoms with Crippen molar-refractivity contribution in [2.45, 2.75) is 6.92 Å². The van der Waals surface area contributed by atoms with Gasteiger partial charge in [-0.05, 0) is 24.1 Å². The lowest BCUT2D eigenvalue weighted by Crippen LogP contribution is -1.92. The van der Waals surface area contributed by atoms with Gasteiger partial charge in [-0.3, -0.25) is 10.1 Å². The Morgan fingerprint density at radius 3 is 2.62 bits per heavy atom. The fourth-order valence-electron chi connectivity index (χ4n) is 1.21. The number of hydrogen-bond donors (Lipinski definition) is 1. The summed E-state index contributed by atoms with van der Waals surface area (Å²) in [6.45, 7) is 1.63. The normalized spacial score (nSPS) is 10.6. The highest BCUT2D eigenvalue weighted by atomic mass is 35.5. The average Bonchev–Trinajstić information content (AvgIpc) is 2.15. The summed E-state index contributed by atoms with van der Waals surface area (Å²) in [4.78, 5) is 20.3. The van der Waals surface area contributed by atoms with Crippen LogP contribution in [0.4, 0.5) is 5.69 Å². The lowest BCUT2D eigenvalue weighted by Gasteiger charge is -2.03. The van der Waals surface area contributed by atoms with E-state index in [0.29, 0.717) is 11.1 Å². The van der Waals surface area contributed by atoms with E-state index >= 15 is 0 Å². The minimum Gasteiger partial charge on any atom is -0.478 e. The summed E-state index contributed by atoms with van der Waals surface area (Å²) in [6.07, 6.45) is 2.24. The fraction of sp³-hybridized carbons (Fsp3) is 0.100. The molecule has 0 fully saturated rings. The summed E-state index contributed by atoms with van der Waals surface area (Å²) in [7, 11) is 0. The van der Waals surface area contributed by atoms with Crippen molar-refractivity contribution in [2.24, 2.45) is 0 Å². The maximum atomic E-state index is 10.5. The quantitative estimate of drug-likeness (QED) is 0.501. The molecule has 0 unspecified atom stereocenters. The number of aliphatic carboxylic acids is 1. The third kappa shape index (κ3) is 2.80. The molecule has 0 bridgehead atoms. The number of carbonyl (C=O) groups is 1. The van der Waals surface area contributed by atoms with Crippen molar-refractivity contribution in [1.82, 2.24) is 0 Å². The van der Waals surface area contributed by atoms with Crippen molar-refractivity contribution in [1.29, 1.82) is 0 Å². The second-order valence-electron chi connectivity index (χ2n) is 3.09. The highest BCUT2D eigenvalue weighted by Gasteiger charge is 2.11. The highest BCUT2D eigenvalue weighted by Crippen LogP contribution is 2.27. The van der Waals surface area contributed by atoms with Crippen molar-refractivity contribution >= 4 is 29.3 Å². The summed E-state index contributed by atoms with van der Waals surface area (Å²) in [5, 5.41) is 19.1. The molecule has 1 aromatic carbocycles. The van der Waals surface area contributed by atoms with Gasteiger partial charge in [-0.1, -0.05) is 11.6 Å². The maximum Gasteiger partial charge on any atom is 0.328 e. The summed E-state index contributed by atoms with van der Waals surface area (Å²) in [6, 6.07) is 2.53. The van der Waals surface area contributed by atoms with Crippen molar-refractivity contribution < 1.29 is 14.8 Å². The molecule has 0 heterocycles. The first-order valence-electron chi connectivity index (χ1n) is 4.27. The molecule has 1 aromatic rings. The number of nitro groups is 1. The van der Waals surface area contributed by atoms with Crippen LogP contribution in [0.25, 0.3) is 6.08 Å². The van der Waals surface area contributed by atoms with Crippen LogP contribution in [0.5, 0.6) is 0 Å². The van der Waals surface area contributed by atoms with E-state index in [2.05, 4.69) is 0 Å². The number of nitro benzene ring substituents is 1. The third-order valence-electron chi connectivity index (χ3n) is 1.92. The Morgan fingerprint density at radius 1 is 1.56 bits per heavy atom. The van der Waals surface area contributed by atoms with Crippen LogP contribution in [-0.2, 0) is 4.79 Å². The molecule has 84 valence electrons. The molecule has 1 N–H and O–H groups in total. The van der Waals surface area contributed by atoms with Crippen molar-refractivity contribution in [3.63, 3.8) is 0 Å². The minimum absolute atomic E-state index is 0.116. The zero-order chi connectivity index (χ0) is 12.3. The van der Waals surface area contributed by atoms with Gasteiger partial charge in [-0.25, -0.2) is 4.79 Å². The predicted molar refractivity (Wildman–Crippen MR) is 59.5 cm³/mol. The van der Waals surface area contributed by atoms with Crippen molar-refractivity contribution in [3.8, 4) is 0 Å². The Balaban J connectivity index is 3.22. The van der Waals surface area contributed by atoms with E-state index < -0.39 is 10.9 Å². The van der Waals surface area contributed by atoms with Gasteiger partial charge in [0.2, 0.25) is 0 Å². The van der Waals surface area contributed by atoms with E-state index in [4.69, 9.17) is 16.7 Å². The van der Waals surface area contributed by atoms with Gasteiger partial charge in [-0.2, -0.15) is 0 Å². The smallest absolute Gasteiger partial charge is 0.328 e. The summed E-state index contributed by atoms with van der Waals surface area (Å²) in [5.74, 6) is -1.10. The SMILES string of the molecule is Cc1cc([N+](=O)[O-])cc(Cl)c1/C=C/C(=O)O. The van der Waals surface area contributed by atoms with Crippen LogP contribution in [0.2, 0.25) is 5.02 Å². The topological polar surface area (TPSA) is 80.4 Å². The number of non-ortho nitro benzene ring substituents is 1. The molecule has 0 radical (unpaired) electrons. The second-order valence-corrected chi connectivity index (χ2v) is 3.49. The highest BCUT2D eigenvalue weighted by molar-refractivity contribution is 6.32. The van der Waals surface area contributed by atoms with Crippen LogP contribution in [0, 0.1) is 17.0 Å². The second kappa shape index (κ2) is 4.76. The van der Waals surface area contributed by atoms with Crippen LogP contribution in [-0.4, -0.2) is 16.0 Å².